The summed E-state index contributed by atoms with van der Waals surface area (Å²) in [5.74, 6) is 0. The molecule has 0 heterocycles. The van der Waals surface area contributed by atoms with Gasteiger partial charge in [-0.05, 0) is 7.28 Å². The quantitative estimate of drug-likeness (QED) is 0.522. The van der Waals surface area contributed by atoms with Gasteiger partial charge in [-0.2, -0.15) is 5.26 Å². The summed E-state index contributed by atoms with van der Waals surface area (Å²) in [5.41, 5.74) is 0. The van der Waals surface area contributed by atoms with E-state index in [2.05, 4.69) is 15.5 Å². The summed E-state index contributed by atoms with van der Waals surface area (Å²) in [6.07, 6.45) is 0.639. The standard InChI is InChI=1S/C2H3BrNP/c3-5-2-1-4/h5H,2H2. The Bertz CT molecular complexity index is 48.1. The second-order valence-corrected chi connectivity index (χ2v) is 2.77. The highest BCUT2D eigenvalue weighted by atomic mass is 79.9. The molecule has 0 N–H and O–H groups in total. The Morgan fingerprint density at radius 2 is 2.60 bits per heavy atom. The average Bonchev–Trinajstić information content (AvgIpc) is 1.41. The molecule has 0 aliphatic carbocycles. The van der Waals surface area contributed by atoms with Crippen LogP contribution in [0, 0.1) is 11.3 Å². The van der Waals surface area contributed by atoms with Crippen molar-refractivity contribution < 1.29 is 0 Å². The zero-order chi connectivity index (χ0) is 4.12. The third-order valence-corrected chi connectivity index (χ3v) is 1.28. The SMILES string of the molecule is N#CCPBr. The van der Waals surface area contributed by atoms with Gasteiger partial charge in [0.05, 0.1) is 12.2 Å². The summed E-state index contributed by atoms with van der Waals surface area (Å²) >= 11 is 3.11. The van der Waals surface area contributed by atoms with Crippen molar-refractivity contribution in [1.82, 2.24) is 0 Å². The molecular weight excluding hydrogens is 149 g/mol. The zero-order valence-electron chi connectivity index (χ0n) is 2.53. The van der Waals surface area contributed by atoms with Crippen LogP contribution in [0.5, 0.6) is 0 Å². The van der Waals surface area contributed by atoms with Gasteiger partial charge in [0.15, 0.2) is 0 Å². The predicted molar refractivity (Wildman–Crippen MR) is 27.7 cm³/mol. The van der Waals surface area contributed by atoms with Gasteiger partial charge in [0, 0.05) is 0 Å². The third-order valence-electron chi connectivity index (χ3n) is 0.146. The highest BCUT2D eigenvalue weighted by Gasteiger charge is 1.66. The van der Waals surface area contributed by atoms with Crippen molar-refractivity contribution in [3.05, 3.63) is 0 Å². The van der Waals surface area contributed by atoms with E-state index in [0.717, 1.165) is 0 Å². The van der Waals surface area contributed by atoms with Gasteiger partial charge in [-0.15, -0.1) is 0 Å². The lowest BCUT2D eigenvalue weighted by Gasteiger charge is -1.64. The first-order chi connectivity index (χ1) is 2.41. The minimum Gasteiger partial charge on any atom is -0.198 e. The Morgan fingerprint density at radius 1 is 2.00 bits per heavy atom. The highest BCUT2D eigenvalue weighted by molar-refractivity contribution is 9.36. The molecule has 3 heteroatoms. The topological polar surface area (TPSA) is 23.8 Å². The summed E-state index contributed by atoms with van der Waals surface area (Å²) in [6, 6.07) is 1.98. The van der Waals surface area contributed by atoms with E-state index < -0.39 is 0 Å². The minimum atomic E-state index is 0.609. The fraction of sp³-hybridized carbons (Fsp3) is 0.500. The van der Waals surface area contributed by atoms with Gasteiger partial charge in [-0.1, -0.05) is 15.5 Å². The fourth-order valence-electron chi connectivity index (χ4n) is 0.0299. The second-order valence-electron chi connectivity index (χ2n) is 0.469. The Labute approximate surface area is 40.9 Å². The van der Waals surface area contributed by atoms with Crippen LogP contribution in [0.2, 0.25) is 0 Å². The minimum absolute atomic E-state index is 0.609. The van der Waals surface area contributed by atoms with E-state index in [-0.39, 0.29) is 0 Å². The van der Waals surface area contributed by atoms with E-state index in [4.69, 9.17) is 5.26 Å². The molecule has 0 saturated heterocycles. The van der Waals surface area contributed by atoms with Gasteiger partial charge in [-0.3, -0.25) is 0 Å². The number of hydrogen-bond acceptors (Lipinski definition) is 1. The molecule has 5 heavy (non-hydrogen) atoms. The maximum absolute atomic E-state index is 7.79. The van der Waals surface area contributed by atoms with Gasteiger partial charge in [0.1, 0.15) is 0 Å². The van der Waals surface area contributed by atoms with Crippen LogP contribution in [0.3, 0.4) is 0 Å². The predicted octanol–water partition coefficient (Wildman–Crippen LogP) is 1.50. The summed E-state index contributed by atoms with van der Waals surface area (Å²) in [6.45, 7) is 0. The van der Waals surface area contributed by atoms with E-state index in [1.54, 1.807) is 0 Å². The van der Waals surface area contributed by atoms with Crippen LogP contribution in [0.25, 0.3) is 0 Å². The molecule has 0 aliphatic heterocycles. The number of nitrogens with zero attached hydrogens (tertiary/aromatic N) is 1. The normalized spacial score (nSPS) is 8.80. The lowest BCUT2D eigenvalue weighted by atomic mass is 10.9. The first-order valence-corrected chi connectivity index (χ1v) is 4.58. The lowest BCUT2D eigenvalue weighted by Crippen LogP contribution is -1.50. The van der Waals surface area contributed by atoms with Crippen molar-refractivity contribution >= 4 is 22.8 Å². The monoisotopic (exact) mass is 151 g/mol. The van der Waals surface area contributed by atoms with Gasteiger partial charge in [0.2, 0.25) is 0 Å². The maximum atomic E-state index is 7.79. The molecule has 0 aromatic rings. The smallest absolute Gasteiger partial charge is 0.0674 e. The molecule has 0 amide bonds. The van der Waals surface area contributed by atoms with Crippen LogP contribution in [-0.4, -0.2) is 6.16 Å². The second kappa shape index (κ2) is 4.40. The molecule has 0 spiro atoms. The van der Waals surface area contributed by atoms with Crippen molar-refractivity contribution in [2.45, 2.75) is 0 Å². The summed E-state index contributed by atoms with van der Waals surface area (Å²) in [7, 11) is 0.609. The summed E-state index contributed by atoms with van der Waals surface area (Å²) < 4.78 is 0. The molecule has 0 aromatic heterocycles. The van der Waals surface area contributed by atoms with Gasteiger partial charge < -0.3 is 0 Å². The van der Waals surface area contributed by atoms with Gasteiger partial charge in [-0.25, -0.2) is 0 Å². The first kappa shape index (κ1) is 5.40. The molecule has 0 radical (unpaired) electrons. The largest absolute Gasteiger partial charge is 0.198 e. The van der Waals surface area contributed by atoms with Crippen LogP contribution >= 0.6 is 22.8 Å². The Balaban J connectivity index is 2.48. The molecular formula is C2H3BrNP. The van der Waals surface area contributed by atoms with Crippen molar-refractivity contribution in [2.24, 2.45) is 0 Å². The van der Waals surface area contributed by atoms with Crippen LogP contribution < -0.4 is 0 Å². The molecule has 0 rings (SSSR count). The van der Waals surface area contributed by atoms with Crippen molar-refractivity contribution in [3.8, 4) is 6.07 Å². The Kier molecular flexibility index (Phi) is 4.75. The highest BCUT2D eigenvalue weighted by Crippen LogP contribution is 2.16. The van der Waals surface area contributed by atoms with Gasteiger partial charge >= 0.3 is 0 Å². The first-order valence-electron chi connectivity index (χ1n) is 1.12. The summed E-state index contributed by atoms with van der Waals surface area (Å²) in [4.78, 5) is 0. The molecule has 0 bridgehead atoms. The molecule has 28 valence electrons. The zero-order valence-corrected chi connectivity index (χ0v) is 5.12. The number of rotatable bonds is 1. The molecule has 0 aliphatic rings. The molecule has 1 nitrogen and oxygen atoms in total. The van der Waals surface area contributed by atoms with Gasteiger partial charge in [0.25, 0.3) is 0 Å². The Morgan fingerprint density at radius 3 is 2.60 bits per heavy atom. The molecule has 0 saturated carbocycles. The third kappa shape index (κ3) is 4.40. The van der Waals surface area contributed by atoms with Crippen molar-refractivity contribution in [2.75, 3.05) is 6.16 Å². The molecule has 0 fully saturated rings. The number of hydrogen-bond donors (Lipinski definition) is 0. The van der Waals surface area contributed by atoms with E-state index >= 15 is 0 Å². The molecule has 0 aromatic carbocycles. The van der Waals surface area contributed by atoms with E-state index in [1.165, 1.54) is 0 Å². The van der Waals surface area contributed by atoms with E-state index in [1.807, 2.05) is 6.07 Å². The maximum Gasteiger partial charge on any atom is 0.0674 e. The number of nitriles is 1. The lowest BCUT2D eigenvalue weighted by molar-refractivity contribution is 1.50. The summed E-state index contributed by atoms with van der Waals surface area (Å²) in [5, 5.41) is 7.79. The fourth-order valence-corrected chi connectivity index (χ4v) is 0.466. The molecule has 1 unspecified atom stereocenters. The Hall–Kier alpha value is 0.400. The van der Waals surface area contributed by atoms with Crippen LogP contribution in [-0.2, 0) is 0 Å². The van der Waals surface area contributed by atoms with Crippen LogP contribution in [0.15, 0.2) is 0 Å². The average molecular weight is 152 g/mol. The molecule has 1 atom stereocenters. The number of halogens is 1. The van der Waals surface area contributed by atoms with Crippen LogP contribution in [0.1, 0.15) is 0 Å². The van der Waals surface area contributed by atoms with E-state index in [0.29, 0.717) is 13.4 Å². The van der Waals surface area contributed by atoms with Crippen LogP contribution in [0.4, 0.5) is 0 Å². The van der Waals surface area contributed by atoms with E-state index in [9.17, 15) is 0 Å². The van der Waals surface area contributed by atoms with Crippen molar-refractivity contribution in [3.63, 3.8) is 0 Å². The van der Waals surface area contributed by atoms with Crippen molar-refractivity contribution in [1.29, 1.82) is 5.26 Å².